The normalized spacial score (nSPS) is 20.7. The highest BCUT2D eigenvalue weighted by molar-refractivity contribution is 14.0. The first kappa shape index (κ1) is 24.0. The molecule has 8 heteroatoms. The first-order chi connectivity index (χ1) is 12.5. The Morgan fingerprint density at radius 3 is 2.41 bits per heavy atom. The molecule has 1 aromatic rings. The Hall–Kier alpha value is -1.03. The standard InChI is InChI=1S/C19H28F3N3O.HI/c1-2-23-18(24-12-13-26-14-15-6-4-3-5-7-15)25-17-10-8-16(9-11-17)19(20,21)22;/h3-7,16-17H,2,8-14H2,1H3,(H2,23,24,25);1H. The number of rotatable bonds is 7. The molecule has 0 atom stereocenters. The molecule has 1 fully saturated rings. The van der Waals surface area contributed by atoms with Gasteiger partial charge in [-0.2, -0.15) is 13.2 Å². The van der Waals surface area contributed by atoms with Gasteiger partial charge in [-0.15, -0.1) is 24.0 Å². The van der Waals surface area contributed by atoms with Crippen LogP contribution in [0.25, 0.3) is 0 Å². The molecule has 0 amide bonds. The lowest BCUT2D eigenvalue weighted by Gasteiger charge is -2.31. The fourth-order valence-corrected chi connectivity index (χ4v) is 3.06. The van der Waals surface area contributed by atoms with Gasteiger partial charge in [0.25, 0.3) is 0 Å². The van der Waals surface area contributed by atoms with Gasteiger partial charge in [-0.1, -0.05) is 30.3 Å². The van der Waals surface area contributed by atoms with Crippen molar-refractivity contribution in [3.8, 4) is 0 Å². The van der Waals surface area contributed by atoms with Crippen molar-refractivity contribution in [3.63, 3.8) is 0 Å². The molecule has 1 aliphatic carbocycles. The maximum absolute atomic E-state index is 12.7. The number of ether oxygens (including phenoxy) is 1. The second-order valence-electron chi connectivity index (χ2n) is 6.53. The fourth-order valence-electron chi connectivity index (χ4n) is 3.06. The van der Waals surface area contributed by atoms with Crippen LogP contribution < -0.4 is 10.6 Å². The van der Waals surface area contributed by atoms with Crippen LogP contribution in [-0.4, -0.2) is 37.9 Å². The number of halogens is 4. The molecule has 1 aliphatic rings. The summed E-state index contributed by atoms with van der Waals surface area (Å²) in [6.45, 7) is 4.20. The number of aliphatic imine (C=N–C) groups is 1. The summed E-state index contributed by atoms with van der Waals surface area (Å²) in [5, 5.41) is 6.39. The van der Waals surface area contributed by atoms with E-state index in [1.54, 1.807) is 0 Å². The summed E-state index contributed by atoms with van der Waals surface area (Å²) in [4.78, 5) is 4.45. The van der Waals surface area contributed by atoms with Crippen molar-refractivity contribution in [2.45, 2.75) is 51.4 Å². The minimum Gasteiger partial charge on any atom is -0.375 e. The zero-order chi connectivity index (χ0) is 18.8. The maximum Gasteiger partial charge on any atom is 0.391 e. The van der Waals surface area contributed by atoms with Gasteiger partial charge in [-0.25, -0.2) is 0 Å². The Bertz CT molecular complexity index is 547. The molecule has 27 heavy (non-hydrogen) atoms. The van der Waals surface area contributed by atoms with Gasteiger partial charge < -0.3 is 15.4 Å². The van der Waals surface area contributed by atoms with Gasteiger partial charge in [-0.3, -0.25) is 4.99 Å². The third kappa shape index (κ3) is 9.14. The molecule has 4 nitrogen and oxygen atoms in total. The van der Waals surface area contributed by atoms with Crippen molar-refractivity contribution >= 4 is 29.9 Å². The van der Waals surface area contributed by atoms with Crippen LogP contribution in [0.1, 0.15) is 38.2 Å². The molecule has 0 aliphatic heterocycles. The highest BCUT2D eigenvalue weighted by Crippen LogP contribution is 2.37. The molecular formula is C19H29F3IN3O. The van der Waals surface area contributed by atoms with Crippen LogP contribution in [-0.2, 0) is 11.3 Å². The van der Waals surface area contributed by atoms with E-state index >= 15 is 0 Å². The van der Waals surface area contributed by atoms with E-state index in [0.717, 1.165) is 5.56 Å². The summed E-state index contributed by atoms with van der Waals surface area (Å²) >= 11 is 0. The average Bonchev–Trinajstić information content (AvgIpc) is 2.62. The molecule has 0 spiro atoms. The lowest BCUT2D eigenvalue weighted by atomic mass is 9.85. The molecule has 0 saturated heterocycles. The van der Waals surface area contributed by atoms with Gasteiger partial charge in [0.2, 0.25) is 0 Å². The highest BCUT2D eigenvalue weighted by atomic mass is 127. The number of alkyl halides is 3. The lowest BCUT2D eigenvalue weighted by Crippen LogP contribution is -2.46. The summed E-state index contributed by atoms with van der Waals surface area (Å²) in [6, 6.07) is 9.95. The molecule has 1 aromatic carbocycles. The van der Waals surface area contributed by atoms with Gasteiger partial charge in [0.1, 0.15) is 0 Å². The highest BCUT2D eigenvalue weighted by Gasteiger charge is 2.41. The monoisotopic (exact) mass is 499 g/mol. The van der Waals surface area contributed by atoms with E-state index in [2.05, 4.69) is 15.6 Å². The molecule has 154 valence electrons. The van der Waals surface area contributed by atoms with Crippen LogP contribution in [0, 0.1) is 5.92 Å². The molecule has 0 unspecified atom stereocenters. The summed E-state index contributed by atoms with van der Waals surface area (Å²) in [5.41, 5.74) is 1.11. The first-order valence-electron chi connectivity index (χ1n) is 9.22. The maximum atomic E-state index is 12.7. The summed E-state index contributed by atoms with van der Waals surface area (Å²) in [7, 11) is 0. The molecular weight excluding hydrogens is 470 g/mol. The molecule has 0 aromatic heterocycles. The van der Waals surface area contributed by atoms with Gasteiger partial charge >= 0.3 is 6.18 Å². The van der Waals surface area contributed by atoms with E-state index in [9.17, 15) is 13.2 Å². The van der Waals surface area contributed by atoms with Gasteiger partial charge in [0.15, 0.2) is 5.96 Å². The van der Waals surface area contributed by atoms with Crippen LogP contribution in [0.4, 0.5) is 13.2 Å². The van der Waals surface area contributed by atoms with Crippen LogP contribution in [0.15, 0.2) is 35.3 Å². The zero-order valence-electron chi connectivity index (χ0n) is 15.6. The minimum absolute atomic E-state index is 0. The smallest absolute Gasteiger partial charge is 0.375 e. The van der Waals surface area contributed by atoms with Gasteiger partial charge in [0, 0.05) is 12.6 Å². The number of nitrogens with zero attached hydrogens (tertiary/aromatic N) is 1. The average molecular weight is 499 g/mol. The first-order valence-corrected chi connectivity index (χ1v) is 9.22. The number of hydrogen-bond acceptors (Lipinski definition) is 2. The Labute approximate surface area is 176 Å². The summed E-state index contributed by atoms with van der Waals surface area (Å²) < 4.78 is 43.8. The Balaban J connectivity index is 0.00000364. The zero-order valence-corrected chi connectivity index (χ0v) is 17.9. The van der Waals surface area contributed by atoms with E-state index in [-0.39, 0.29) is 42.9 Å². The number of guanidine groups is 1. The summed E-state index contributed by atoms with van der Waals surface area (Å²) in [6.07, 6.45) is -2.68. The van der Waals surface area contributed by atoms with Crippen molar-refractivity contribution in [2.24, 2.45) is 10.9 Å². The molecule has 1 saturated carbocycles. The third-order valence-corrected chi connectivity index (χ3v) is 4.49. The van der Waals surface area contributed by atoms with Gasteiger partial charge in [0.05, 0.1) is 25.7 Å². The summed E-state index contributed by atoms with van der Waals surface area (Å²) in [5.74, 6) is -0.516. The fraction of sp³-hybridized carbons (Fsp3) is 0.632. The van der Waals surface area contributed by atoms with E-state index in [1.807, 2.05) is 37.3 Å². The predicted molar refractivity (Wildman–Crippen MR) is 112 cm³/mol. The Morgan fingerprint density at radius 1 is 1.15 bits per heavy atom. The second-order valence-corrected chi connectivity index (χ2v) is 6.53. The molecule has 0 radical (unpaired) electrons. The van der Waals surface area contributed by atoms with Crippen molar-refractivity contribution in [1.29, 1.82) is 0 Å². The van der Waals surface area contributed by atoms with Crippen LogP contribution in [0.5, 0.6) is 0 Å². The molecule has 0 bridgehead atoms. The van der Waals surface area contributed by atoms with E-state index in [4.69, 9.17) is 4.74 Å². The van der Waals surface area contributed by atoms with Crippen molar-refractivity contribution < 1.29 is 17.9 Å². The lowest BCUT2D eigenvalue weighted by molar-refractivity contribution is -0.182. The van der Waals surface area contributed by atoms with E-state index < -0.39 is 12.1 Å². The van der Waals surface area contributed by atoms with Crippen LogP contribution in [0.2, 0.25) is 0 Å². The van der Waals surface area contributed by atoms with Crippen molar-refractivity contribution in [3.05, 3.63) is 35.9 Å². The number of benzene rings is 1. The Kier molecular flexibility index (Phi) is 11.1. The SMILES string of the molecule is CCNC(=NCCOCc1ccccc1)NC1CCC(C(F)(F)F)CC1.I. The van der Waals surface area contributed by atoms with E-state index in [1.165, 1.54) is 0 Å². The largest absolute Gasteiger partial charge is 0.391 e. The van der Waals surface area contributed by atoms with Crippen LogP contribution in [0.3, 0.4) is 0 Å². The van der Waals surface area contributed by atoms with Crippen LogP contribution >= 0.6 is 24.0 Å². The topological polar surface area (TPSA) is 45.7 Å². The van der Waals surface area contributed by atoms with Crippen molar-refractivity contribution in [1.82, 2.24) is 10.6 Å². The third-order valence-electron chi connectivity index (χ3n) is 4.49. The van der Waals surface area contributed by atoms with E-state index in [0.29, 0.717) is 45.1 Å². The Morgan fingerprint density at radius 2 is 1.81 bits per heavy atom. The molecule has 2 rings (SSSR count). The number of nitrogens with one attached hydrogen (secondary N) is 2. The van der Waals surface area contributed by atoms with Gasteiger partial charge in [-0.05, 0) is 38.2 Å². The predicted octanol–water partition coefficient (Wildman–Crippen LogP) is 4.50. The molecule has 0 heterocycles. The quantitative estimate of drug-likeness (QED) is 0.252. The van der Waals surface area contributed by atoms with Crippen molar-refractivity contribution in [2.75, 3.05) is 19.7 Å². The second kappa shape index (κ2) is 12.4. The number of hydrogen-bond donors (Lipinski definition) is 2. The minimum atomic E-state index is -4.07. The molecule has 2 N–H and O–H groups in total.